The fraction of sp³-hybridized carbons (Fsp3) is 0.0667. The van der Waals surface area contributed by atoms with Crippen molar-refractivity contribution in [1.29, 1.82) is 0 Å². The Bertz CT molecular complexity index is 671. The van der Waals surface area contributed by atoms with Crippen LogP contribution in [-0.4, -0.2) is 11.9 Å². The molecule has 108 valence electrons. The number of esters is 1. The van der Waals surface area contributed by atoms with Gasteiger partial charge in [-0.1, -0.05) is 24.3 Å². The molecule has 6 heteroatoms. The van der Waals surface area contributed by atoms with Gasteiger partial charge in [-0.15, -0.1) is 0 Å². The maximum atomic E-state index is 13.5. The molecular formula is C15H11F2NO3. The zero-order chi connectivity index (χ0) is 15.4. The summed E-state index contributed by atoms with van der Waals surface area (Å²) in [5, 5.41) is 0. The van der Waals surface area contributed by atoms with Crippen molar-refractivity contribution >= 4 is 11.9 Å². The Labute approximate surface area is 119 Å². The largest absolute Gasteiger partial charge is 0.444 e. The van der Waals surface area contributed by atoms with Gasteiger partial charge >= 0.3 is 5.97 Å². The number of primary amides is 1. The van der Waals surface area contributed by atoms with Crippen molar-refractivity contribution in [2.24, 2.45) is 5.73 Å². The molecule has 2 N–H and O–H groups in total. The number of ether oxygens (including phenoxy) is 1. The fourth-order valence-electron chi connectivity index (χ4n) is 1.73. The van der Waals surface area contributed by atoms with Gasteiger partial charge in [0.05, 0.1) is 5.56 Å². The summed E-state index contributed by atoms with van der Waals surface area (Å²) >= 11 is 0. The third kappa shape index (κ3) is 3.42. The van der Waals surface area contributed by atoms with Crippen LogP contribution in [0.2, 0.25) is 0 Å². The zero-order valence-corrected chi connectivity index (χ0v) is 10.8. The molecule has 1 amide bonds. The predicted molar refractivity (Wildman–Crippen MR) is 70.2 cm³/mol. The summed E-state index contributed by atoms with van der Waals surface area (Å²) in [5.74, 6) is -3.25. The average molecular weight is 291 g/mol. The molecule has 1 unspecified atom stereocenters. The Morgan fingerprint density at radius 2 is 1.62 bits per heavy atom. The van der Waals surface area contributed by atoms with Crippen LogP contribution in [-0.2, 0) is 9.53 Å². The molecule has 0 aromatic heterocycles. The fourth-order valence-corrected chi connectivity index (χ4v) is 1.73. The van der Waals surface area contributed by atoms with Gasteiger partial charge < -0.3 is 10.5 Å². The minimum atomic E-state index is -1.42. The first-order valence-electron chi connectivity index (χ1n) is 5.99. The Morgan fingerprint density at radius 3 is 2.19 bits per heavy atom. The molecule has 2 aromatic rings. The quantitative estimate of drug-likeness (QED) is 0.879. The van der Waals surface area contributed by atoms with Gasteiger partial charge in [0.1, 0.15) is 11.6 Å². The summed E-state index contributed by atoms with van der Waals surface area (Å²) in [7, 11) is 0. The minimum absolute atomic E-state index is 0.202. The second kappa shape index (κ2) is 6.13. The van der Waals surface area contributed by atoms with Crippen molar-refractivity contribution in [3.8, 4) is 0 Å². The molecule has 0 bridgehead atoms. The summed E-state index contributed by atoms with van der Waals surface area (Å²) in [5.41, 5.74) is 5.06. The lowest BCUT2D eigenvalue weighted by Crippen LogP contribution is -2.26. The lowest BCUT2D eigenvalue weighted by atomic mass is 10.1. The number of carbonyl (C=O) groups is 2. The van der Waals surface area contributed by atoms with Gasteiger partial charge in [-0.05, 0) is 24.3 Å². The Morgan fingerprint density at radius 1 is 1.00 bits per heavy atom. The molecule has 0 aliphatic heterocycles. The molecule has 2 rings (SSSR count). The van der Waals surface area contributed by atoms with Gasteiger partial charge in [-0.25, -0.2) is 13.6 Å². The van der Waals surface area contributed by atoms with Crippen LogP contribution in [0, 0.1) is 11.6 Å². The highest BCUT2D eigenvalue weighted by molar-refractivity contribution is 5.92. The summed E-state index contributed by atoms with van der Waals surface area (Å²) < 4.78 is 31.3. The van der Waals surface area contributed by atoms with Crippen molar-refractivity contribution in [3.63, 3.8) is 0 Å². The van der Waals surface area contributed by atoms with Crippen molar-refractivity contribution < 1.29 is 23.1 Å². The monoisotopic (exact) mass is 291 g/mol. The highest BCUT2D eigenvalue weighted by Gasteiger charge is 2.24. The standard InChI is InChI=1S/C15H11F2NO3/c16-10-7-5-9(6-8-10)13(14(18)19)21-15(20)11-3-1-2-4-12(11)17/h1-8,13H,(H2,18,19). The molecule has 1 atom stereocenters. The van der Waals surface area contributed by atoms with Crippen LogP contribution in [0.5, 0.6) is 0 Å². The highest BCUT2D eigenvalue weighted by Crippen LogP contribution is 2.20. The number of hydrogen-bond donors (Lipinski definition) is 1. The van der Waals surface area contributed by atoms with Gasteiger partial charge in [0.25, 0.3) is 5.91 Å². The van der Waals surface area contributed by atoms with Gasteiger partial charge in [0.2, 0.25) is 6.10 Å². The number of benzene rings is 2. The van der Waals surface area contributed by atoms with Crippen molar-refractivity contribution in [3.05, 3.63) is 71.3 Å². The normalized spacial score (nSPS) is 11.7. The van der Waals surface area contributed by atoms with E-state index in [-0.39, 0.29) is 11.1 Å². The Hall–Kier alpha value is -2.76. The lowest BCUT2D eigenvalue weighted by molar-refractivity contribution is -0.127. The molecular weight excluding hydrogens is 280 g/mol. The first kappa shape index (κ1) is 14.6. The zero-order valence-electron chi connectivity index (χ0n) is 10.8. The van der Waals surface area contributed by atoms with Crippen molar-refractivity contribution in [1.82, 2.24) is 0 Å². The van der Waals surface area contributed by atoms with Crippen LogP contribution in [0.15, 0.2) is 48.5 Å². The van der Waals surface area contributed by atoms with Gasteiger partial charge in [-0.2, -0.15) is 0 Å². The number of amides is 1. The number of carbonyl (C=O) groups excluding carboxylic acids is 2. The smallest absolute Gasteiger partial charge is 0.342 e. The molecule has 21 heavy (non-hydrogen) atoms. The molecule has 0 spiro atoms. The summed E-state index contributed by atoms with van der Waals surface area (Å²) in [6, 6.07) is 9.91. The topological polar surface area (TPSA) is 69.4 Å². The molecule has 0 saturated heterocycles. The molecule has 4 nitrogen and oxygen atoms in total. The average Bonchev–Trinajstić information content (AvgIpc) is 2.46. The van der Waals surface area contributed by atoms with Crippen LogP contribution in [0.25, 0.3) is 0 Å². The predicted octanol–water partition coefficient (Wildman–Crippen LogP) is 2.35. The molecule has 0 radical (unpaired) electrons. The van der Waals surface area contributed by atoms with Crippen LogP contribution in [0.4, 0.5) is 8.78 Å². The molecule has 0 aliphatic carbocycles. The second-order valence-electron chi connectivity index (χ2n) is 4.22. The Kier molecular flexibility index (Phi) is 4.27. The van der Waals surface area contributed by atoms with E-state index in [4.69, 9.17) is 10.5 Å². The molecule has 0 aliphatic rings. The third-order valence-electron chi connectivity index (χ3n) is 2.75. The maximum Gasteiger partial charge on any atom is 0.342 e. The highest BCUT2D eigenvalue weighted by atomic mass is 19.1. The van der Waals surface area contributed by atoms with E-state index in [1.54, 1.807) is 0 Å². The van der Waals surface area contributed by atoms with E-state index in [2.05, 4.69) is 0 Å². The second-order valence-corrected chi connectivity index (χ2v) is 4.22. The molecule has 0 saturated carbocycles. The molecule has 0 heterocycles. The number of nitrogens with two attached hydrogens (primary N) is 1. The third-order valence-corrected chi connectivity index (χ3v) is 2.75. The van der Waals surface area contributed by atoms with E-state index < -0.39 is 29.6 Å². The van der Waals surface area contributed by atoms with E-state index in [1.165, 1.54) is 30.3 Å². The van der Waals surface area contributed by atoms with Crippen molar-refractivity contribution in [2.45, 2.75) is 6.10 Å². The van der Waals surface area contributed by atoms with Gasteiger partial charge in [0.15, 0.2) is 0 Å². The molecule has 2 aromatic carbocycles. The van der Waals surface area contributed by atoms with E-state index in [0.717, 1.165) is 18.2 Å². The van der Waals surface area contributed by atoms with Gasteiger partial charge in [-0.3, -0.25) is 4.79 Å². The van der Waals surface area contributed by atoms with E-state index in [9.17, 15) is 18.4 Å². The van der Waals surface area contributed by atoms with Gasteiger partial charge in [0, 0.05) is 5.56 Å². The summed E-state index contributed by atoms with van der Waals surface area (Å²) in [6.07, 6.45) is -1.42. The molecule has 0 fully saturated rings. The summed E-state index contributed by atoms with van der Waals surface area (Å²) in [4.78, 5) is 23.3. The minimum Gasteiger partial charge on any atom is -0.444 e. The SMILES string of the molecule is NC(=O)C(OC(=O)c1ccccc1F)c1ccc(F)cc1. The Balaban J connectivity index is 2.25. The summed E-state index contributed by atoms with van der Waals surface area (Å²) in [6.45, 7) is 0. The van der Waals surface area contributed by atoms with Crippen LogP contribution in [0.1, 0.15) is 22.0 Å². The number of rotatable bonds is 4. The first-order valence-corrected chi connectivity index (χ1v) is 5.99. The van der Waals surface area contributed by atoms with E-state index in [0.29, 0.717) is 0 Å². The van der Waals surface area contributed by atoms with Crippen LogP contribution < -0.4 is 5.73 Å². The van der Waals surface area contributed by atoms with Crippen LogP contribution in [0.3, 0.4) is 0 Å². The van der Waals surface area contributed by atoms with E-state index >= 15 is 0 Å². The first-order chi connectivity index (χ1) is 9.99. The van der Waals surface area contributed by atoms with Crippen LogP contribution >= 0.6 is 0 Å². The van der Waals surface area contributed by atoms with E-state index in [1.807, 2.05) is 0 Å². The maximum absolute atomic E-state index is 13.5. The van der Waals surface area contributed by atoms with Crippen molar-refractivity contribution in [2.75, 3.05) is 0 Å². The number of hydrogen-bond acceptors (Lipinski definition) is 3. The number of halogens is 2. The lowest BCUT2D eigenvalue weighted by Gasteiger charge is -2.15.